The van der Waals surface area contributed by atoms with Crippen molar-refractivity contribution in [2.75, 3.05) is 26.3 Å². The van der Waals surface area contributed by atoms with Crippen LogP contribution in [0.2, 0.25) is 5.02 Å². The van der Waals surface area contributed by atoms with Gasteiger partial charge in [-0.05, 0) is 49.6 Å². The van der Waals surface area contributed by atoms with Crippen LogP contribution < -0.4 is 9.47 Å². The minimum absolute atomic E-state index is 0.000514. The van der Waals surface area contributed by atoms with E-state index in [9.17, 15) is 14.6 Å². The van der Waals surface area contributed by atoms with Gasteiger partial charge in [-0.1, -0.05) is 23.7 Å². The topological polar surface area (TPSA) is 80.0 Å². The second-order valence-corrected chi connectivity index (χ2v) is 9.41. The number of ether oxygens (including phenoxy) is 2. The van der Waals surface area contributed by atoms with Gasteiger partial charge in [0.15, 0.2) is 0 Å². The number of aliphatic hydroxyl groups is 2. The van der Waals surface area contributed by atoms with Crippen molar-refractivity contribution < 1.29 is 24.1 Å². The average Bonchev–Trinajstić information content (AvgIpc) is 3.25. The number of halogens is 2. The summed E-state index contributed by atoms with van der Waals surface area (Å²) < 4.78 is 27.3. The van der Waals surface area contributed by atoms with Crippen LogP contribution in [0.1, 0.15) is 24.2 Å². The molecule has 1 saturated heterocycles. The molecule has 1 aromatic heterocycles. The van der Waals surface area contributed by atoms with E-state index in [-0.39, 0.29) is 23.9 Å². The molecule has 1 aliphatic rings. The normalized spacial score (nSPS) is 20.7. The summed E-state index contributed by atoms with van der Waals surface area (Å²) in [7, 11) is 0. The molecule has 2 aromatic carbocycles. The van der Waals surface area contributed by atoms with Crippen molar-refractivity contribution >= 4 is 11.6 Å². The lowest BCUT2D eigenvalue weighted by molar-refractivity contribution is -0.140. The molecule has 0 spiro atoms. The first-order valence-electron chi connectivity index (χ1n) is 11.7. The van der Waals surface area contributed by atoms with Crippen LogP contribution in [0.4, 0.5) is 4.39 Å². The van der Waals surface area contributed by atoms with E-state index in [0.29, 0.717) is 26.1 Å². The minimum Gasteiger partial charge on any atom is -0.494 e. The van der Waals surface area contributed by atoms with Crippen LogP contribution in [-0.2, 0) is 13.1 Å². The maximum absolute atomic E-state index is 13.7. The zero-order valence-electron chi connectivity index (χ0n) is 19.7. The molecule has 0 radical (unpaired) electrons. The zero-order chi connectivity index (χ0) is 24.8. The summed E-state index contributed by atoms with van der Waals surface area (Å²) in [6.07, 6.45) is 4.09. The van der Waals surface area contributed by atoms with E-state index in [2.05, 4.69) is 14.5 Å². The number of hydrogen-bond donors (Lipinski definition) is 2. The van der Waals surface area contributed by atoms with Crippen molar-refractivity contribution in [3.05, 3.63) is 77.1 Å². The molecule has 1 aliphatic heterocycles. The summed E-state index contributed by atoms with van der Waals surface area (Å²) >= 11 is 5.71. The van der Waals surface area contributed by atoms with Gasteiger partial charge >= 0.3 is 0 Å². The molecule has 1 fully saturated rings. The predicted octanol–water partition coefficient (Wildman–Crippen LogP) is 3.83. The molecule has 4 rings (SSSR count). The molecule has 0 saturated carbocycles. The highest BCUT2D eigenvalue weighted by atomic mass is 35.5. The fourth-order valence-electron chi connectivity index (χ4n) is 4.25. The molecule has 188 valence electrons. The summed E-state index contributed by atoms with van der Waals surface area (Å²) in [6, 6.07) is 12.0. The number of likely N-dealkylation sites (tertiary alicyclic amines) is 1. The molecule has 2 heterocycles. The van der Waals surface area contributed by atoms with E-state index in [1.807, 2.05) is 37.4 Å². The first kappa shape index (κ1) is 25.4. The van der Waals surface area contributed by atoms with Gasteiger partial charge in [0.2, 0.25) is 0 Å². The van der Waals surface area contributed by atoms with Crippen LogP contribution >= 0.6 is 11.6 Å². The Balaban J connectivity index is 1.29. The molecular weight excluding hydrogens is 473 g/mol. The van der Waals surface area contributed by atoms with Crippen LogP contribution in [0.15, 0.2) is 54.9 Å². The third-order valence-corrected chi connectivity index (χ3v) is 6.56. The van der Waals surface area contributed by atoms with E-state index >= 15 is 0 Å². The van der Waals surface area contributed by atoms with Gasteiger partial charge in [-0.15, -0.1) is 0 Å². The third-order valence-electron chi connectivity index (χ3n) is 6.26. The van der Waals surface area contributed by atoms with Gasteiger partial charge in [0.05, 0.1) is 17.7 Å². The number of rotatable bonds is 10. The minimum atomic E-state index is -1.48. The lowest BCUT2D eigenvalue weighted by Gasteiger charge is -2.42. The standard InChI is InChI=1S/C26H31ClFN3O4/c1-19-29-9-12-31(19)10-3-13-34-21-5-2-4-20(14-21)16-30-11-8-25(32)26(33,17-30)18-35-22-6-7-23(27)24(28)15-22/h2,4-7,9,12,14-15,25,32-33H,3,8,10-11,13,16-18H2,1H3/t25-,26-/m0/s1. The van der Waals surface area contributed by atoms with Crippen LogP contribution in [0.25, 0.3) is 0 Å². The Morgan fingerprint density at radius 1 is 1.20 bits per heavy atom. The molecule has 0 amide bonds. The van der Waals surface area contributed by atoms with Crippen molar-refractivity contribution in [1.29, 1.82) is 0 Å². The van der Waals surface area contributed by atoms with E-state index in [0.717, 1.165) is 30.1 Å². The molecule has 0 aliphatic carbocycles. The number of aliphatic hydroxyl groups excluding tert-OH is 1. The summed E-state index contributed by atoms with van der Waals surface area (Å²) in [5, 5.41) is 21.6. The molecule has 3 aromatic rings. The van der Waals surface area contributed by atoms with Crippen LogP contribution in [0.5, 0.6) is 11.5 Å². The first-order chi connectivity index (χ1) is 16.8. The number of aryl methyl sites for hydroxylation is 2. The number of aromatic nitrogens is 2. The van der Waals surface area contributed by atoms with E-state index in [4.69, 9.17) is 21.1 Å². The second-order valence-electron chi connectivity index (χ2n) is 9.00. The number of β-amino-alcohol motifs (C(OH)–C–C–N with tert-alkyl or cyclic N) is 1. The van der Waals surface area contributed by atoms with E-state index in [1.54, 1.807) is 6.20 Å². The largest absolute Gasteiger partial charge is 0.494 e. The summed E-state index contributed by atoms with van der Waals surface area (Å²) in [4.78, 5) is 6.29. The highest BCUT2D eigenvalue weighted by Gasteiger charge is 2.42. The van der Waals surface area contributed by atoms with Gasteiger partial charge in [0.1, 0.15) is 35.3 Å². The maximum atomic E-state index is 13.7. The van der Waals surface area contributed by atoms with Crippen LogP contribution in [0, 0.1) is 12.7 Å². The Labute approximate surface area is 209 Å². The van der Waals surface area contributed by atoms with E-state index < -0.39 is 17.5 Å². The Morgan fingerprint density at radius 3 is 2.80 bits per heavy atom. The Hall–Kier alpha value is -2.65. The molecule has 7 nitrogen and oxygen atoms in total. The van der Waals surface area contributed by atoms with Gasteiger partial charge in [0, 0.05) is 44.6 Å². The molecule has 0 unspecified atom stereocenters. The summed E-state index contributed by atoms with van der Waals surface area (Å²) in [5.74, 6) is 1.44. The van der Waals surface area contributed by atoms with Crippen molar-refractivity contribution in [1.82, 2.24) is 14.5 Å². The summed E-state index contributed by atoms with van der Waals surface area (Å²) in [6.45, 7) is 4.72. The molecule has 9 heteroatoms. The molecular formula is C26H31ClFN3O4. The highest BCUT2D eigenvalue weighted by molar-refractivity contribution is 6.30. The van der Waals surface area contributed by atoms with Gasteiger partial charge in [0.25, 0.3) is 0 Å². The van der Waals surface area contributed by atoms with Crippen molar-refractivity contribution in [3.8, 4) is 11.5 Å². The first-order valence-corrected chi connectivity index (χ1v) is 12.1. The van der Waals surface area contributed by atoms with Gasteiger partial charge < -0.3 is 24.3 Å². The van der Waals surface area contributed by atoms with E-state index in [1.165, 1.54) is 18.2 Å². The molecule has 35 heavy (non-hydrogen) atoms. The number of piperidine rings is 1. The monoisotopic (exact) mass is 503 g/mol. The third kappa shape index (κ3) is 6.73. The van der Waals surface area contributed by atoms with Gasteiger partial charge in [-0.25, -0.2) is 9.37 Å². The lowest BCUT2D eigenvalue weighted by atomic mass is 9.90. The number of hydrogen-bond acceptors (Lipinski definition) is 6. The number of nitrogens with zero attached hydrogens (tertiary/aromatic N) is 3. The quantitative estimate of drug-likeness (QED) is 0.409. The van der Waals surface area contributed by atoms with Crippen LogP contribution in [0.3, 0.4) is 0 Å². The second kappa shape index (κ2) is 11.4. The highest BCUT2D eigenvalue weighted by Crippen LogP contribution is 2.27. The molecule has 2 atom stereocenters. The van der Waals surface area contributed by atoms with Gasteiger partial charge in [-0.3, -0.25) is 4.90 Å². The van der Waals surface area contributed by atoms with Crippen molar-refractivity contribution in [3.63, 3.8) is 0 Å². The number of benzene rings is 2. The van der Waals surface area contributed by atoms with Crippen molar-refractivity contribution in [2.45, 2.75) is 44.6 Å². The Kier molecular flexibility index (Phi) is 8.28. The van der Waals surface area contributed by atoms with Crippen molar-refractivity contribution in [2.24, 2.45) is 0 Å². The SMILES string of the molecule is Cc1nccn1CCCOc1cccc(CN2CC[C@H](O)[C@@](O)(COc3ccc(Cl)c(F)c3)C2)c1. The fraction of sp³-hybridized carbons (Fsp3) is 0.423. The zero-order valence-corrected chi connectivity index (χ0v) is 20.5. The fourth-order valence-corrected chi connectivity index (χ4v) is 4.37. The Bertz CT molecular complexity index is 1130. The summed E-state index contributed by atoms with van der Waals surface area (Å²) in [5.41, 5.74) is -0.430. The maximum Gasteiger partial charge on any atom is 0.145 e. The lowest BCUT2D eigenvalue weighted by Crippen LogP contribution is -2.59. The average molecular weight is 504 g/mol. The number of imidazole rings is 1. The van der Waals surface area contributed by atoms with Crippen LogP contribution in [-0.4, -0.2) is 62.7 Å². The Morgan fingerprint density at radius 2 is 2.03 bits per heavy atom. The smallest absolute Gasteiger partial charge is 0.145 e. The molecule has 2 N–H and O–H groups in total. The predicted molar refractivity (Wildman–Crippen MR) is 131 cm³/mol. The van der Waals surface area contributed by atoms with Gasteiger partial charge in [-0.2, -0.15) is 0 Å². The molecule has 0 bridgehead atoms.